The van der Waals surface area contributed by atoms with E-state index in [-0.39, 0.29) is 35.9 Å². The van der Waals surface area contributed by atoms with Crippen molar-refractivity contribution in [2.45, 2.75) is 31.3 Å². The van der Waals surface area contributed by atoms with Crippen LogP contribution in [0.3, 0.4) is 0 Å². The molecule has 1 fully saturated rings. The van der Waals surface area contributed by atoms with Gasteiger partial charge in [0.15, 0.2) is 10.8 Å². The molecule has 3 rings (SSSR count). The highest BCUT2D eigenvalue weighted by Gasteiger charge is 2.33. The number of ketones is 1. The van der Waals surface area contributed by atoms with Gasteiger partial charge in [-0.1, -0.05) is 23.7 Å². The fourth-order valence-electron chi connectivity index (χ4n) is 3.62. The largest absolute Gasteiger partial charge is 1.00 e. The maximum atomic E-state index is 13.2. The Morgan fingerprint density at radius 1 is 1.21 bits per heavy atom. The third-order valence-electron chi connectivity index (χ3n) is 5.31. The van der Waals surface area contributed by atoms with Crippen molar-refractivity contribution in [2.24, 2.45) is 0 Å². The lowest BCUT2D eigenvalue weighted by Gasteiger charge is -2.38. The van der Waals surface area contributed by atoms with E-state index >= 15 is 0 Å². The second-order valence-corrected chi connectivity index (χ2v) is 7.60. The summed E-state index contributed by atoms with van der Waals surface area (Å²) < 4.78 is 13.2. The normalized spacial score (nSPS) is 15.9. The first-order chi connectivity index (χ1) is 13.4. The van der Waals surface area contributed by atoms with Crippen molar-refractivity contribution >= 4 is 23.1 Å². The average molecular weight is 438 g/mol. The topological polar surface area (TPSA) is 68.7 Å². The molecule has 1 saturated heterocycles. The molecule has 0 saturated carbocycles. The molecule has 29 heavy (non-hydrogen) atoms. The van der Waals surface area contributed by atoms with Crippen LogP contribution in [0.1, 0.15) is 41.6 Å². The molecule has 5 nitrogen and oxygen atoms in total. The highest BCUT2D eigenvalue weighted by atomic mass is 35.5. The zero-order valence-electron chi connectivity index (χ0n) is 15.8. The fraction of sp³-hybridized carbons (Fsp3) is 0.381. The van der Waals surface area contributed by atoms with E-state index in [4.69, 9.17) is 17.0 Å². The molecule has 0 aliphatic carbocycles. The van der Waals surface area contributed by atoms with Crippen LogP contribution in [0.2, 0.25) is 5.02 Å². The van der Waals surface area contributed by atoms with Crippen LogP contribution in [-0.4, -0.2) is 35.4 Å². The van der Waals surface area contributed by atoms with Crippen LogP contribution in [0, 0.1) is 11.2 Å². The van der Waals surface area contributed by atoms with Gasteiger partial charge in [0.1, 0.15) is 11.4 Å². The van der Waals surface area contributed by atoms with Crippen LogP contribution in [0.4, 0.5) is 10.1 Å². The summed E-state index contributed by atoms with van der Waals surface area (Å²) in [6.45, 7) is 2.21. The van der Waals surface area contributed by atoms with Gasteiger partial charge in [-0.25, -0.2) is 4.39 Å². The molecule has 8 heteroatoms. The molecule has 0 atom stereocenters. The lowest BCUT2D eigenvalue weighted by molar-refractivity contribution is -0.0260. The summed E-state index contributed by atoms with van der Waals surface area (Å²) in [6.07, 6.45) is 2.16. The number of hydrogen-bond donors (Lipinski definition) is 1. The van der Waals surface area contributed by atoms with E-state index in [1.807, 2.05) is 12.1 Å². The molecule has 1 aliphatic heterocycles. The predicted molar refractivity (Wildman–Crippen MR) is 106 cm³/mol. The number of carbonyl (C=O) groups is 1. The zero-order valence-corrected chi connectivity index (χ0v) is 17.3. The van der Waals surface area contributed by atoms with Gasteiger partial charge in [-0.15, -0.1) is 0 Å². The third-order valence-corrected chi connectivity index (χ3v) is 5.56. The van der Waals surface area contributed by atoms with Gasteiger partial charge in [0.2, 0.25) is 5.39 Å². The van der Waals surface area contributed by atoms with Crippen molar-refractivity contribution < 1.29 is 26.7 Å². The first-order valence-corrected chi connectivity index (χ1v) is 9.68. The second-order valence-electron chi connectivity index (χ2n) is 7.17. The van der Waals surface area contributed by atoms with Gasteiger partial charge < -0.3 is 22.4 Å². The van der Waals surface area contributed by atoms with E-state index in [9.17, 15) is 14.3 Å². The van der Waals surface area contributed by atoms with E-state index in [2.05, 4.69) is 9.88 Å². The Labute approximate surface area is 180 Å². The molecule has 0 radical (unpaired) electrons. The smallest absolute Gasteiger partial charge is 0.398 e. The SMILES string of the molecule is N#[N+]c1cc(F)ccc1C(=O)CCCN1CCC(O)(c2ccc(Cl)cc2)CC1.[Cl-]. The van der Waals surface area contributed by atoms with Crippen LogP contribution in [-0.2, 0) is 5.60 Å². The molecule has 0 spiro atoms. The number of likely N-dealkylation sites (tertiary alicyclic amines) is 1. The van der Waals surface area contributed by atoms with Gasteiger partial charge in [0, 0.05) is 24.5 Å². The molecule has 0 aromatic heterocycles. The zero-order chi connectivity index (χ0) is 20.1. The molecule has 1 N–H and O–H groups in total. The number of halogens is 3. The van der Waals surface area contributed by atoms with Gasteiger partial charge in [-0.3, -0.25) is 4.79 Å². The minimum Gasteiger partial charge on any atom is -1.00 e. The summed E-state index contributed by atoms with van der Waals surface area (Å²) in [5.41, 5.74) is 0.210. The number of diazo groups is 1. The molecule has 0 unspecified atom stereocenters. The van der Waals surface area contributed by atoms with Crippen LogP contribution < -0.4 is 12.4 Å². The number of piperidine rings is 1. The van der Waals surface area contributed by atoms with Gasteiger partial charge in [-0.2, -0.15) is 0 Å². The van der Waals surface area contributed by atoms with Gasteiger partial charge >= 0.3 is 5.69 Å². The Morgan fingerprint density at radius 3 is 2.48 bits per heavy atom. The van der Waals surface area contributed by atoms with E-state index in [0.29, 0.717) is 24.3 Å². The predicted octanol–water partition coefficient (Wildman–Crippen LogP) is 1.91. The summed E-state index contributed by atoms with van der Waals surface area (Å²) in [5, 5.41) is 20.5. The van der Waals surface area contributed by atoms with Crippen molar-refractivity contribution in [1.82, 2.24) is 4.90 Å². The first kappa shape index (κ1) is 23.2. The van der Waals surface area contributed by atoms with Crippen molar-refractivity contribution in [3.63, 3.8) is 0 Å². The Hall–Kier alpha value is -2.04. The van der Waals surface area contributed by atoms with Crippen molar-refractivity contribution in [2.75, 3.05) is 19.6 Å². The summed E-state index contributed by atoms with van der Waals surface area (Å²) in [4.78, 5) is 17.5. The second kappa shape index (κ2) is 10.1. The highest BCUT2D eigenvalue weighted by molar-refractivity contribution is 6.30. The van der Waals surface area contributed by atoms with Gasteiger partial charge in [0.25, 0.3) is 0 Å². The number of aliphatic hydroxyl groups is 1. The molecule has 2 aromatic rings. The monoisotopic (exact) mass is 437 g/mol. The number of benzene rings is 2. The molecule has 0 amide bonds. The first-order valence-electron chi connectivity index (χ1n) is 9.30. The molecule has 0 bridgehead atoms. The highest BCUT2D eigenvalue weighted by Crippen LogP contribution is 2.33. The van der Waals surface area contributed by atoms with E-state index in [1.54, 1.807) is 12.1 Å². The lowest BCUT2D eigenvalue weighted by Crippen LogP contribution is -3.00. The Bertz CT molecular complexity index is 892. The number of nitrogens with zero attached hydrogens (tertiary/aromatic N) is 3. The lowest BCUT2D eigenvalue weighted by atomic mass is 9.84. The van der Waals surface area contributed by atoms with Gasteiger partial charge in [0.05, 0.1) is 11.7 Å². The minimum atomic E-state index is -0.845. The summed E-state index contributed by atoms with van der Waals surface area (Å²) in [6, 6.07) is 10.9. The minimum absolute atomic E-state index is 0. The maximum absolute atomic E-state index is 13.2. The molecule has 154 valence electrons. The quantitative estimate of drug-likeness (QED) is 0.553. The Balaban J connectivity index is 0.00000300. The molecular formula is C21H22Cl2FN3O2. The Kier molecular flexibility index (Phi) is 8.12. The van der Waals surface area contributed by atoms with Crippen LogP contribution in [0.5, 0.6) is 0 Å². The molecule has 1 heterocycles. The number of rotatable bonds is 6. The summed E-state index contributed by atoms with van der Waals surface area (Å²) in [5.74, 6) is -0.728. The van der Waals surface area contributed by atoms with E-state index in [1.165, 1.54) is 12.1 Å². The van der Waals surface area contributed by atoms with E-state index < -0.39 is 11.4 Å². The summed E-state index contributed by atoms with van der Waals surface area (Å²) in [7, 11) is 0. The summed E-state index contributed by atoms with van der Waals surface area (Å²) >= 11 is 5.92. The molecule has 2 aromatic carbocycles. The van der Waals surface area contributed by atoms with Crippen LogP contribution >= 0.6 is 11.6 Å². The van der Waals surface area contributed by atoms with Crippen molar-refractivity contribution in [1.29, 1.82) is 5.39 Å². The Morgan fingerprint density at radius 2 is 1.86 bits per heavy atom. The van der Waals surface area contributed by atoms with Crippen molar-refractivity contribution in [3.8, 4) is 0 Å². The fourth-order valence-corrected chi connectivity index (χ4v) is 3.74. The average Bonchev–Trinajstić information content (AvgIpc) is 2.69. The van der Waals surface area contributed by atoms with Crippen LogP contribution in [0.15, 0.2) is 42.5 Å². The van der Waals surface area contributed by atoms with E-state index in [0.717, 1.165) is 31.3 Å². The number of carbonyl (C=O) groups excluding carboxylic acids is 1. The molecular weight excluding hydrogens is 416 g/mol. The standard InChI is InChI=1S/C21H22ClFN3O2.ClH/c22-16-5-3-15(4-6-16)21(28)9-12-26(13-10-21)11-1-2-20(27)18-8-7-17(23)14-19(18)25-24;/h3-8,14,28H,1-2,9-13H2;1H/q+1;/p-1. The molecule has 1 aliphatic rings. The number of Topliss-reactive ketones (excluding diaryl/α,β-unsaturated/α-hetero) is 1. The van der Waals surface area contributed by atoms with Gasteiger partial charge in [-0.05, 0) is 55.6 Å². The number of hydrogen-bond acceptors (Lipinski definition) is 4. The van der Waals surface area contributed by atoms with Crippen LogP contribution in [0.25, 0.3) is 4.98 Å². The maximum Gasteiger partial charge on any atom is 0.398 e. The third kappa shape index (κ3) is 5.74. The van der Waals surface area contributed by atoms with Crippen molar-refractivity contribution in [3.05, 3.63) is 69.4 Å².